The molecule has 2 unspecified atom stereocenters. The Bertz CT molecular complexity index is 173. The topological polar surface area (TPSA) is 0 Å². The van der Waals surface area contributed by atoms with Crippen molar-refractivity contribution >= 4 is 0 Å². The van der Waals surface area contributed by atoms with Crippen molar-refractivity contribution in [3.05, 3.63) is 0 Å². The predicted octanol–water partition coefficient (Wildman–Crippen LogP) is 4.39. The molecule has 2 saturated carbocycles. The van der Waals surface area contributed by atoms with Crippen LogP contribution < -0.4 is 0 Å². The van der Waals surface area contributed by atoms with Gasteiger partial charge in [-0.05, 0) is 42.9 Å². The van der Waals surface area contributed by atoms with Crippen molar-refractivity contribution in [2.75, 3.05) is 0 Å². The second kappa shape index (κ2) is 3.63. The molecule has 2 fully saturated rings. The van der Waals surface area contributed by atoms with Gasteiger partial charge in [-0.2, -0.15) is 0 Å². The Morgan fingerprint density at radius 1 is 0.923 bits per heavy atom. The zero-order chi connectivity index (χ0) is 9.31. The van der Waals surface area contributed by atoms with Gasteiger partial charge in [0, 0.05) is 0 Å². The van der Waals surface area contributed by atoms with Crippen molar-refractivity contribution in [1.29, 1.82) is 0 Å². The van der Waals surface area contributed by atoms with E-state index in [4.69, 9.17) is 0 Å². The van der Waals surface area contributed by atoms with Crippen molar-refractivity contribution in [2.45, 2.75) is 65.2 Å². The highest BCUT2D eigenvalue weighted by molar-refractivity contribution is 4.88. The van der Waals surface area contributed by atoms with Crippen LogP contribution in [0.4, 0.5) is 0 Å². The Hall–Kier alpha value is 0. The van der Waals surface area contributed by atoms with Crippen molar-refractivity contribution in [3.63, 3.8) is 0 Å². The van der Waals surface area contributed by atoms with Gasteiger partial charge in [0.2, 0.25) is 0 Å². The molecule has 2 rings (SSSR count). The summed E-state index contributed by atoms with van der Waals surface area (Å²) in [6.45, 7) is 5.01. The molecule has 0 aromatic heterocycles. The molecule has 0 aromatic carbocycles. The molecule has 2 aliphatic rings. The maximum absolute atomic E-state index is 2.56. The van der Waals surface area contributed by atoms with E-state index in [1.807, 2.05) is 0 Å². The zero-order valence-electron chi connectivity index (χ0n) is 9.31. The SMILES string of the molecule is C[C@H]1CCC2CCCCC2(C)CC1. The van der Waals surface area contributed by atoms with Gasteiger partial charge in [0.05, 0.1) is 0 Å². The molecule has 0 saturated heterocycles. The summed E-state index contributed by atoms with van der Waals surface area (Å²) in [5.41, 5.74) is 0.739. The lowest BCUT2D eigenvalue weighted by molar-refractivity contribution is 0.106. The van der Waals surface area contributed by atoms with Crippen molar-refractivity contribution in [3.8, 4) is 0 Å². The number of hydrogen-bond acceptors (Lipinski definition) is 0. The smallest absolute Gasteiger partial charge is 0.0297 e. The largest absolute Gasteiger partial charge is 0.0625 e. The number of hydrogen-bond donors (Lipinski definition) is 0. The van der Waals surface area contributed by atoms with Crippen LogP contribution in [-0.4, -0.2) is 0 Å². The van der Waals surface area contributed by atoms with E-state index in [0.29, 0.717) is 0 Å². The quantitative estimate of drug-likeness (QED) is 0.518. The molecule has 0 nitrogen and oxygen atoms in total. The van der Waals surface area contributed by atoms with Crippen LogP contribution in [0, 0.1) is 17.3 Å². The van der Waals surface area contributed by atoms with Gasteiger partial charge in [0.25, 0.3) is 0 Å². The van der Waals surface area contributed by atoms with Crippen LogP contribution in [0.25, 0.3) is 0 Å². The van der Waals surface area contributed by atoms with Crippen LogP contribution in [0.2, 0.25) is 0 Å². The van der Waals surface area contributed by atoms with Gasteiger partial charge >= 0.3 is 0 Å². The Morgan fingerprint density at radius 3 is 2.62 bits per heavy atom. The highest BCUT2D eigenvalue weighted by atomic mass is 14.4. The van der Waals surface area contributed by atoms with E-state index in [-0.39, 0.29) is 0 Å². The van der Waals surface area contributed by atoms with Gasteiger partial charge < -0.3 is 0 Å². The van der Waals surface area contributed by atoms with Gasteiger partial charge in [-0.3, -0.25) is 0 Å². The predicted molar refractivity (Wildman–Crippen MR) is 57.7 cm³/mol. The maximum Gasteiger partial charge on any atom is -0.0297 e. The molecule has 0 aliphatic heterocycles. The first-order chi connectivity index (χ1) is 6.21. The molecule has 0 bridgehead atoms. The molecule has 0 aromatic rings. The Kier molecular flexibility index (Phi) is 2.67. The maximum atomic E-state index is 2.56. The lowest BCUT2D eigenvalue weighted by atomic mass is 9.65. The van der Waals surface area contributed by atoms with E-state index in [9.17, 15) is 0 Å². The molecular weight excluding hydrogens is 156 g/mol. The van der Waals surface area contributed by atoms with E-state index >= 15 is 0 Å². The average molecular weight is 180 g/mol. The first-order valence-corrected chi connectivity index (χ1v) is 6.21. The summed E-state index contributed by atoms with van der Waals surface area (Å²) < 4.78 is 0. The molecule has 76 valence electrons. The van der Waals surface area contributed by atoms with E-state index in [1.165, 1.54) is 51.4 Å². The van der Waals surface area contributed by atoms with Gasteiger partial charge in [0.15, 0.2) is 0 Å². The van der Waals surface area contributed by atoms with Gasteiger partial charge in [-0.25, -0.2) is 0 Å². The summed E-state index contributed by atoms with van der Waals surface area (Å²) in [4.78, 5) is 0. The van der Waals surface area contributed by atoms with E-state index < -0.39 is 0 Å². The monoisotopic (exact) mass is 180 g/mol. The normalized spacial score (nSPS) is 46.6. The standard InChI is InChI=1S/C13H24/c1-11-6-7-12-5-3-4-9-13(12,2)10-8-11/h11-12H,3-10H2,1-2H3/t11-,12?,13?/m0/s1. The summed E-state index contributed by atoms with van der Waals surface area (Å²) in [5, 5.41) is 0. The fourth-order valence-electron chi connectivity index (χ4n) is 3.50. The van der Waals surface area contributed by atoms with Crippen molar-refractivity contribution in [2.24, 2.45) is 17.3 Å². The van der Waals surface area contributed by atoms with Gasteiger partial charge in [0.1, 0.15) is 0 Å². The summed E-state index contributed by atoms with van der Waals surface area (Å²) in [5.74, 6) is 2.08. The lowest BCUT2D eigenvalue weighted by Gasteiger charge is -2.40. The first kappa shape index (κ1) is 9.55. The van der Waals surface area contributed by atoms with Crippen molar-refractivity contribution < 1.29 is 0 Å². The highest BCUT2D eigenvalue weighted by Crippen LogP contribution is 2.49. The second-order valence-electron chi connectivity index (χ2n) is 5.82. The lowest BCUT2D eigenvalue weighted by Crippen LogP contribution is -2.29. The van der Waals surface area contributed by atoms with Gasteiger partial charge in [-0.15, -0.1) is 0 Å². The van der Waals surface area contributed by atoms with Crippen LogP contribution in [0.3, 0.4) is 0 Å². The molecule has 0 spiro atoms. The summed E-state index contributed by atoms with van der Waals surface area (Å²) in [6.07, 6.45) is 12.1. The van der Waals surface area contributed by atoms with Crippen LogP contribution >= 0.6 is 0 Å². The fraction of sp³-hybridized carbons (Fsp3) is 1.00. The molecular formula is C13H24. The molecule has 0 radical (unpaired) electrons. The Morgan fingerprint density at radius 2 is 1.77 bits per heavy atom. The van der Waals surface area contributed by atoms with E-state index in [0.717, 1.165) is 17.3 Å². The summed E-state index contributed by atoms with van der Waals surface area (Å²) in [6, 6.07) is 0. The van der Waals surface area contributed by atoms with E-state index in [1.54, 1.807) is 0 Å². The highest BCUT2D eigenvalue weighted by Gasteiger charge is 2.37. The number of fused-ring (bicyclic) bond motifs is 1. The third kappa shape index (κ3) is 1.92. The molecule has 13 heavy (non-hydrogen) atoms. The summed E-state index contributed by atoms with van der Waals surface area (Å²) in [7, 11) is 0. The van der Waals surface area contributed by atoms with Crippen molar-refractivity contribution in [1.82, 2.24) is 0 Å². The average Bonchev–Trinajstić information content (AvgIpc) is 2.27. The Labute approximate surface area is 83.1 Å². The molecule has 0 heteroatoms. The minimum atomic E-state index is 0.739. The summed E-state index contributed by atoms with van der Waals surface area (Å²) >= 11 is 0. The van der Waals surface area contributed by atoms with Gasteiger partial charge in [-0.1, -0.05) is 39.5 Å². The third-order valence-electron chi connectivity index (χ3n) is 4.75. The number of rotatable bonds is 0. The molecule has 0 amide bonds. The van der Waals surface area contributed by atoms with Crippen LogP contribution in [0.15, 0.2) is 0 Å². The van der Waals surface area contributed by atoms with Crippen LogP contribution in [0.5, 0.6) is 0 Å². The van der Waals surface area contributed by atoms with Crippen LogP contribution in [-0.2, 0) is 0 Å². The molecule has 3 atom stereocenters. The Balaban J connectivity index is 2.07. The zero-order valence-corrected chi connectivity index (χ0v) is 9.31. The molecule has 0 heterocycles. The third-order valence-corrected chi connectivity index (χ3v) is 4.75. The molecule has 0 N–H and O–H groups in total. The van der Waals surface area contributed by atoms with Crippen LogP contribution in [0.1, 0.15) is 65.2 Å². The molecule has 2 aliphatic carbocycles. The second-order valence-corrected chi connectivity index (χ2v) is 5.82. The fourth-order valence-corrected chi connectivity index (χ4v) is 3.50. The minimum Gasteiger partial charge on any atom is -0.0625 e. The van der Waals surface area contributed by atoms with E-state index in [2.05, 4.69) is 13.8 Å². The first-order valence-electron chi connectivity index (χ1n) is 6.21. The minimum absolute atomic E-state index is 0.739.